The lowest BCUT2D eigenvalue weighted by Gasteiger charge is -2.15. The van der Waals surface area contributed by atoms with Gasteiger partial charge in [0.05, 0.1) is 0 Å². The third kappa shape index (κ3) is 2.97. The zero-order valence-corrected chi connectivity index (χ0v) is 13.5. The number of hydrogen-bond donors (Lipinski definition) is 2. The highest BCUT2D eigenvalue weighted by molar-refractivity contribution is 5.94. The van der Waals surface area contributed by atoms with Gasteiger partial charge in [0, 0.05) is 23.1 Å². The van der Waals surface area contributed by atoms with Gasteiger partial charge in [-0.05, 0) is 31.2 Å². The van der Waals surface area contributed by atoms with Crippen molar-refractivity contribution >= 4 is 22.5 Å². The largest absolute Gasteiger partial charge is 0.480 e. The van der Waals surface area contributed by atoms with Crippen LogP contribution in [0.2, 0.25) is 0 Å². The first kappa shape index (κ1) is 14.8. The lowest BCUT2D eigenvalue weighted by atomic mass is 10.1. The SMILES string of the molecule is CC(Oc1cccc2ccccc12)C(=O)Nc1cc(C2CC2)[nH]n1. The number of carbonyl (C=O) groups is 1. The second-order valence-electron chi connectivity index (χ2n) is 6.21. The van der Waals surface area contributed by atoms with Crippen LogP contribution >= 0.6 is 0 Å². The van der Waals surface area contributed by atoms with Crippen LogP contribution in [-0.2, 0) is 4.79 Å². The van der Waals surface area contributed by atoms with E-state index < -0.39 is 6.10 Å². The number of nitrogens with one attached hydrogen (secondary N) is 2. The number of amides is 1. The molecule has 0 aliphatic heterocycles. The van der Waals surface area contributed by atoms with E-state index in [0.717, 1.165) is 16.5 Å². The molecule has 0 saturated heterocycles. The minimum Gasteiger partial charge on any atom is -0.480 e. The molecule has 1 aliphatic carbocycles. The predicted octanol–water partition coefficient (Wildman–Crippen LogP) is 3.85. The van der Waals surface area contributed by atoms with Crippen molar-refractivity contribution in [1.29, 1.82) is 0 Å². The molecule has 2 N–H and O–H groups in total. The molecule has 3 aromatic rings. The highest BCUT2D eigenvalue weighted by Crippen LogP contribution is 2.39. The van der Waals surface area contributed by atoms with Crippen molar-refractivity contribution in [1.82, 2.24) is 10.2 Å². The molecular weight excluding hydrogens is 302 g/mol. The summed E-state index contributed by atoms with van der Waals surface area (Å²) in [6, 6.07) is 15.7. The molecular formula is C19H19N3O2. The summed E-state index contributed by atoms with van der Waals surface area (Å²) in [6.45, 7) is 1.74. The van der Waals surface area contributed by atoms with Gasteiger partial charge in [-0.2, -0.15) is 5.10 Å². The summed E-state index contributed by atoms with van der Waals surface area (Å²) < 4.78 is 5.88. The van der Waals surface area contributed by atoms with E-state index in [1.165, 1.54) is 12.8 Å². The van der Waals surface area contributed by atoms with Crippen molar-refractivity contribution in [3.05, 3.63) is 54.2 Å². The van der Waals surface area contributed by atoms with Gasteiger partial charge < -0.3 is 10.1 Å². The van der Waals surface area contributed by atoms with Gasteiger partial charge in [-0.3, -0.25) is 9.89 Å². The number of anilines is 1. The Morgan fingerprint density at radius 1 is 1.25 bits per heavy atom. The monoisotopic (exact) mass is 321 g/mol. The first-order valence-corrected chi connectivity index (χ1v) is 8.21. The van der Waals surface area contributed by atoms with Crippen molar-refractivity contribution in [2.24, 2.45) is 0 Å². The van der Waals surface area contributed by atoms with Gasteiger partial charge in [0.1, 0.15) is 5.75 Å². The van der Waals surface area contributed by atoms with Gasteiger partial charge in [0.2, 0.25) is 0 Å². The summed E-state index contributed by atoms with van der Waals surface area (Å²) in [4.78, 5) is 12.4. The predicted molar refractivity (Wildman–Crippen MR) is 93.2 cm³/mol. The summed E-state index contributed by atoms with van der Waals surface area (Å²) in [5, 5.41) is 12.0. The van der Waals surface area contributed by atoms with E-state index >= 15 is 0 Å². The maximum absolute atomic E-state index is 12.4. The molecule has 122 valence electrons. The number of H-pyrrole nitrogens is 1. The zero-order valence-electron chi connectivity index (χ0n) is 13.5. The van der Waals surface area contributed by atoms with Crippen LogP contribution in [0, 0.1) is 0 Å². The molecule has 24 heavy (non-hydrogen) atoms. The molecule has 5 nitrogen and oxygen atoms in total. The Labute approximate surface area is 140 Å². The molecule has 1 amide bonds. The molecule has 1 fully saturated rings. The third-order valence-electron chi connectivity index (χ3n) is 4.29. The van der Waals surface area contributed by atoms with Crippen molar-refractivity contribution in [2.45, 2.75) is 31.8 Å². The Morgan fingerprint density at radius 2 is 2.04 bits per heavy atom. The first-order valence-electron chi connectivity index (χ1n) is 8.21. The highest BCUT2D eigenvalue weighted by Gasteiger charge is 2.26. The Morgan fingerprint density at radius 3 is 2.88 bits per heavy atom. The number of ether oxygens (including phenoxy) is 1. The molecule has 4 rings (SSSR count). The number of hydrogen-bond acceptors (Lipinski definition) is 3. The van der Waals surface area contributed by atoms with Gasteiger partial charge in [-0.15, -0.1) is 0 Å². The Balaban J connectivity index is 1.46. The number of fused-ring (bicyclic) bond motifs is 1. The minimum absolute atomic E-state index is 0.211. The Hall–Kier alpha value is -2.82. The van der Waals surface area contributed by atoms with Crippen LogP contribution in [0.1, 0.15) is 31.4 Å². The molecule has 1 aromatic heterocycles. The van der Waals surface area contributed by atoms with E-state index in [1.54, 1.807) is 6.92 Å². The Bertz CT molecular complexity index is 878. The van der Waals surface area contributed by atoms with E-state index in [1.807, 2.05) is 48.5 Å². The summed E-state index contributed by atoms with van der Waals surface area (Å²) in [6.07, 6.45) is 1.77. The number of aromatic nitrogens is 2. The van der Waals surface area contributed by atoms with Gasteiger partial charge in [-0.1, -0.05) is 36.4 Å². The van der Waals surface area contributed by atoms with Gasteiger partial charge in [0.25, 0.3) is 5.91 Å². The van der Waals surface area contributed by atoms with Crippen LogP contribution in [0.25, 0.3) is 10.8 Å². The summed E-state index contributed by atoms with van der Waals surface area (Å²) in [5.74, 6) is 1.62. The van der Waals surface area contributed by atoms with E-state index in [0.29, 0.717) is 17.5 Å². The van der Waals surface area contributed by atoms with Crippen LogP contribution < -0.4 is 10.1 Å². The number of rotatable bonds is 5. The number of carbonyl (C=O) groups excluding carboxylic acids is 1. The topological polar surface area (TPSA) is 67.0 Å². The molecule has 1 saturated carbocycles. The summed E-state index contributed by atoms with van der Waals surface area (Å²) in [5.41, 5.74) is 1.09. The highest BCUT2D eigenvalue weighted by atomic mass is 16.5. The molecule has 0 radical (unpaired) electrons. The van der Waals surface area contributed by atoms with Gasteiger partial charge in [-0.25, -0.2) is 0 Å². The van der Waals surface area contributed by atoms with Crippen LogP contribution in [0.3, 0.4) is 0 Å². The first-order chi connectivity index (χ1) is 11.7. The molecule has 1 unspecified atom stereocenters. The standard InChI is InChI=1S/C19H19N3O2/c1-12(19(23)20-18-11-16(21-22-18)14-9-10-14)24-17-8-4-6-13-5-2-3-7-15(13)17/h2-8,11-12,14H,9-10H2,1H3,(H2,20,21,22,23). The van der Waals surface area contributed by atoms with E-state index in [9.17, 15) is 4.79 Å². The average molecular weight is 321 g/mol. The zero-order chi connectivity index (χ0) is 16.5. The Kier molecular flexibility index (Phi) is 3.69. The second kappa shape index (κ2) is 6.00. The molecule has 2 aromatic carbocycles. The third-order valence-corrected chi connectivity index (χ3v) is 4.29. The van der Waals surface area contributed by atoms with E-state index in [-0.39, 0.29) is 5.91 Å². The maximum Gasteiger partial charge on any atom is 0.266 e. The maximum atomic E-state index is 12.4. The second-order valence-corrected chi connectivity index (χ2v) is 6.21. The number of aromatic amines is 1. The van der Waals surface area contributed by atoms with Gasteiger partial charge in [0.15, 0.2) is 11.9 Å². The fourth-order valence-corrected chi connectivity index (χ4v) is 2.77. The van der Waals surface area contributed by atoms with Gasteiger partial charge >= 0.3 is 0 Å². The summed E-state index contributed by atoms with van der Waals surface area (Å²) >= 11 is 0. The molecule has 0 bridgehead atoms. The molecule has 1 heterocycles. The van der Waals surface area contributed by atoms with Crippen molar-refractivity contribution in [3.8, 4) is 5.75 Å². The van der Waals surface area contributed by atoms with E-state index in [4.69, 9.17) is 4.74 Å². The fraction of sp³-hybridized carbons (Fsp3) is 0.263. The van der Waals surface area contributed by atoms with Crippen molar-refractivity contribution in [2.75, 3.05) is 5.32 Å². The van der Waals surface area contributed by atoms with E-state index in [2.05, 4.69) is 15.5 Å². The average Bonchev–Trinajstić information content (AvgIpc) is 3.35. The normalized spacial score (nSPS) is 15.2. The smallest absolute Gasteiger partial charge is 0.266 e. The molecule has 1 atom stereocenters. The lowest BCUT2D eigenvalue weighted by Crippen LogP contribution is -2.30. The van der Waals surface area contributed by atoms with Crippen molar-refractivity contribution < 1.29 is 9.53 Å². The number of nitrogens with zero attached hydrogens (tertiary/aromatic N) is 1. The van der Waals surface area contributed by atoms with Crippen LogP contribution in [-0.4, -0.2) is 22.2 Å². The fourth-order valence-electron chi connectivity index (χ4n) is 2.77. The summed E-state index contributed by atoms with van der Waals surface area (Å²) in [7, 11) is 0. The molecule has 0 spiro atoms. The number of benzene rings is 2. The van der Waals surface area contributed by atoms with Crippen LogP contribution in [0.5, 0.6) is 5.75 Å². The molecule has 1 aliphatic rings. The van der Waals surface area contributed by atoms with Crippen molar-refractivity contribution in [3.63, 3.8) is 0 Å². The lowest BCUT2D eigenvalue weighted by molar-refractivity contribution is -0.122. The van der Waals surface area contributed by atoms with Crippen LogP contribution in [0.4, 0.5) is 5.82 Å². The quantitative estimate of drug-likeness (QED) is 0.750. The molecule has 5 heteroatoms. The minimum atomic E-state index is -0.614. The van der Waals surface area contributed by atoms with Crippen LogP contribution in [0.15, 0.2) is 48.5 Å².